The fourth-order valence-corrected chi connectivity index (χ4v) is 0.542. The predicted octanol–water partition coefficient (Wildman–Crippen LogP) is 0.858. The van der Waals surface area contributed by atoms with Gasteiger partial charge in [-0.05, 0) is 27.7 Å². The van der Waals surface area contributed by atoms with E-state index in [2.05, 4.69) is 5.32 Å². The van der Waals surface area contributed by atoms with E-state index in [-0.39, 0.29) is 0 Å². The van der Waals surface area contributed by atoms with Crippen molar-refractivity contribution in [3.8, 4) is 0 Å². The zero-order valence-corrected chi connectivity index (χ0v) is 8.05. The van der Waals surface area contributed by atoms with Gasteiger partial charge in [-0.25, -0.2) is 4.79 Å². The molecular formula is C8H18N2O2. The van der Waals surface area contributed by atoms with Crippen molar-refractivity contribution in [1.82, 2.24) is 5.32 Å². The SMILES string of the molecule is [2H]C(N)C(C)NC(=O)OC(C)(C)C. The van der Waals surface area contributed by atoms with E-state index in [4.69, 9.17) is 11.8 Å². The molecule has 0 aliphatic heterocycles. The Bertz CT molecular complexity index is 177. The highest BCUT2D eigenvalue weighted by molar-refractivity contribution is 5.68. The van der Waals surface area contributed by atoms with Gasteiger partial charge in [0.05, 0.1) is 0 Å². The summed E-state index contributed by atoms with van der Waals surface area (Å²) in [6, 6.07) is -0.408. The van der Waals surface area contributed by atoms with Gasteiger partial charge in [0.1, 0.15) is 5.60 Å². The molecule has 0 saturated carbocycles. The van der Waals surface area contributed by atoms with E-state index in [0.717, 1.165) is 0 Å². The van der Waals surface area contributed by atoms with Crippen LogP contribution in [0.25, 0.3) is 0 Å². The Labute approximate surface area is 74.9 Å². The molecule has 0 rings (SSSR count). The van der Waals surface area contributed by atoms with Gasteiger partial charge in [-0.3, -0.25) is 0 Å². The van der Waals surface area contributed by atoms with Gasteiger partial charge < -0.3 is 15.8 Å². The molecule has 0 heterocycles. The molecule has 2 unspecified atom stereocenters. The Morgan fingerprint density at radius 3 is 2.58 bits per heavy atom. The number of hydrogen-bond acceptors (Lipinski definition) is 3. The lowest BCUT2D eigenvalue weighted by Gasteiger charge is -2.21. The van der Waals surface area contributed by atoms with Crippen LogP contribution in [-0.2, 0) is 4.74 Å². The molecule has 12 heavy (non-hydrogen) atoms. The molecule has 4 heteroatoms. The third-order valence-corrected chi connectivity index (χ3v) is 1.03. The standard InChI is InChI=1S/C8H18N2O2/c1-6(5-9)10-7(11)12-8(2,3)4/h6H,5,9H2,1-4H3,(H,10,11)/i5D. The number of ether oxygens (including phenoxy) is 1. The highest BCUT2D eigenvalue weighted by atomic mass is 16.6. The Morgan fingerprint density at radius 1 is 1.75 bits per heavy atom. The first-order chi connectivity index (χ1) is 5.72. The Morgan fingerprint density at radius 2 is 2.25 bits per heavy atom. The molecule has 0 aliphatic carbocycles. The molecule has 0 spiro atoms. The normalized spacial score (nSPS) is 17.6. The summed E-state index contributed by atoms with van der Waals surface area (Å²) in [6.45, 7) is 6.15. The summed E-state index contributed by atoms with van der Waals surface area (Å²) in [5, 5.41) is 2.46. The zero-order valence-electron chi connectivity index (χ0n) is 9.05. The Kier molecular flexibility index (Phi) is 3.34. The van der Waals surface area contributed by atoms with Gasteiger partial charge in [0.15, 0.2) is 0 Å². The second-order valence-corrected chi connectivity index (χ2v) is 3.63. The largest absolute Gasteiger partial charge is 0.444 e. The topological polar surface area (TPSA) is 64.3 Å². The average molecular weight is 175 g/mol. The Hall–Kier alpha value is -0.770. The third kappa shape index (κ3) is 5.97. The van der Waals surface area contributed by atoms with E-state index in [1.807, 2.05) is 0 Å². The van der Waals surface area contributed by atoms with Crippen molar-refractivity contribution in [3.63, 3.8) is 0 Å². The fraction of sp³-hybridized carbons (Fsp3) is 0.875. The molecule has 0 aromatic carbocycles. The van der Waals surface area contributed by atoms with Crippen molar-refractivity contribution in [2.45, 2.75) is 39.3 Å². The van der Waals surface area contributed by atoms with E-state index in [9.17, 15) is 4.79 Å². The highest BCUT2D eigenvalue weighted by Crippen LogP contribution is 2.06. The summed E-state index contributed by atoms with van der Waals surface area (Å²) >= 11 is 0. The molecule has 0 aromatic rings. The number of hydrogen-bond donors (Lipinski definition) is 2. The van der Waals surface area contributed by atoms with Crippen LogP contribution < -0.4 is 11.1 Å². The van der Waals surface area contributed by atoms with Gasteiger partial charge >= 0.3 is 6.09 Å². The number of rotatable bonds is 2. The van der Waals surface area contributed by atoms with Crippen molar-refractivity contribution >= 4 is 6.09 Å². The molecule has 0 aliphatic rings. The third-order valence-electron chi connectivity index (χ3n) is 1.03. The maximum absolute atomic E-state index is 11.1. The van der Waals surface area contributed by atoms with Crippen LogP contribution in [0.4, 0.5) is 4.79 Å². The predicted molar refractivity (Wildman–Crippen MR) is 47.9 cm³/mol. The second kappa shape index (κ2) is 4.30. The smallest absolute Gasteiger partial charge is 0.407 e. The summed E-state index contributed by atoms with van der Waals surface area (Å²) in [5.74, 6) is 0. The number of amides is 1. The lowest BCUT2D eigenvalue weighted by molar-refractivity contribution is 0.0510. The van der Waals surface area contributed by atoms with Crippen LogP contribution in [-0.4, -0.2) is 24.3 Å². The maximum atomic E-state index is 11.1. The van der Waals surface area contributed by atoms with Gasteiger partial charge in [0.2, 0.25) is 0 Å². The summed E-state index contributed by atoms with van der Waals surface area (Å²) in [4.78, 5) is 11.1. The molecule has 2 atom stereocenters. The first kappa shape index (κ1) is 9.32. The van der Waals surface area contributed by atoms with Crippen LogP contribution in [0.2, 0.25) is 0 Å². The second-order valence-electron chi connectivity index (χ2n) is 3.63. The molecule has 0 bridgehead atoms. The van der Waals surface area contributed by atoms with Crippen molar-refractivity contribution in [2.75, 3.05) is 6.52 Å². The number of carbonyl (C=O) groups excluding carboxylic acids is 1. The Balaban J connectivity index is 3.89. The van der Waals surface area contributed by atoms with Gasteiger partial charge in [-0.2, -0.15) is 0 Å². The molecule has 0 fully saturated rings. The van der Waals surface area contributed by atoms with Crippen LogP contribution in [0.5, 0.6) is 0 Å². The lowest BCUT2D eigenvalue weighted by atomic mass is 10.2. The molecule has 0 aromatic heterocycles. The number of nitrogens with one attached hydrogen (secondary N) is 1. The number of nitrogens with two attached hydrogens (primary N) is 1. The summed E-state index contributed by atoms with van der Waals surface area (Å²) < 4.78 is 12.1. The van der Waals surface area contributed by atoms with Crippen LogP contribution in [0.1, 0.15) is 29.1 Å². The highest BCUT2D eigenvalue weighted by Gasteiger charge is 2.16. The number of carbonyl (C=O) groups is 1. The van der Waals surface area contributed by atoms with Gasteiger partial charge in [0, 0.05) is 13.9 Å². The average Bonchev–Trinajstić information content (AvgIpc) is 1.81. The molecule has 0 saturated heterocycles. The van der Waals surface area contributed by atoms with Crippen molar-refractivity contribution in [1.29, 1.82) is 0 Å². The van der Waals surface area contributed by atoms with E-state index in [1.165, 1.54) is 0 Å². The summed E-state index contributed by atoms with van der Waals surface area (Å²) in [5.41, 5.74) is 4.73. The minimum Gasteiger partial charge on any atom is -0.444 e. The lowest BCUT2D eigenvalue weighted by Crippen LogP contribution is -2.41. The fourth-order valence-electron chi connectivity index (χ4n) is 0.542. The molecule has 0 radical (unpaired) electrons. The van der Waals surface area contributed by atoms with Crippen molar-refractivity contribution < 1.29 is 10.9 Å². The van der Waals surface area contributed by atoms with E-state index in [1.54, 1.807) is 27.7 Å². The minimum atomic E-state index is -0.826. The maximum Gasteiger partial charge on any atom is 0.407 e. The molecule has 4 nitrogen and oxygen atoms in total. The van der Waals surface area contributed by atoms with Crippen LogP contribution in [0, 0.1) is 0 Å². The first-order valence-corrected chi connectivity index (χ1v) is 3.90. The van der Waals surface area contributed by atoms with Crippen LogP contribution in [0.3, 0.4) is 0 Å². The van der Waals surface area contributed by atoms with Crippen molar-refractivity contribution in [2.24, 2.45) is 5.73 Å². The van der Waals surface area contributed by atoms with Gasteiger partial charge in [-0.1, -0.05) is 0 Å². The zero-order chi connectivity index (χ0) is 10.6. The van der Waals surface area contributed by atoms with Crippen LogP contribution >= 0.6 is 0 Å². The summed E-state index contributed by atoms with van der Waals surface area (Å²) in [7, 11) is 0. The quantitative estimate of drug-likeness (QED) is 0.654. The minimum absolute atomic E-state index is 0.408. The number of alkyl carbamates (subject to hydrolysis) is 1. The van der Waals surface area contributed by atoms with Gasteiger partial charge in [-0.15, -0.1) is 0 Å². The molecule has 3 N–H and O–H groups in total. The van der Waals surface area contributed by atoms with E-state index < -0.39 is 24.3 Å². The first-order valence-electron chi connectivity index (χ1n) is 4.47. The van der Waals surface area contributed by atoms with E-state index >= 15 is 0 Å². The van der Waals surface area contributed by atoms with Gasteiger partial charge in [0.25, 0.3) is 0 Å². The molecular weight excluding hydrogens is 156 g/mol. The molecule has 1 amide bonds. The molecule has 72 valence electrons. The van der Waals surface area contributed by atoms with Crippen LogP contribution in [0.15, 0.2) is 0 Å². The van der Waals surface area contributed by atoms with Crippen molar-refractivity contribution in [3.05, 3.63) is 0 Å². The monoisotopic (exact) mass is 175 g/mol. The summed E-state index contributed by atoms with van der Waals surface area (Å²) in [6.07, 6.45) is -0.539. The van der Waals surface area contributed by atoms with E-state index in [0.29, 0.717) is 0 Å².